The van der Waals surface area contributed by atoms with Gasteiger partial charge in [0, 0.05) is 20.2 Å². The van der Waals surface area contributed by atoms with Gasteiger partial charge in [-0.2, -0.15) is 0 Å². The Labute approximate surface area is 132 Å². The fraction of sp³-hybridized carbons (Fsp3) is 0.643. The first-order valence-corrected chi connectivity index (χ1v) is 7.49. The van der Waals surface area contributed by atoms with E-state index in [2.05, 4.69) is 4.98 Å². The van der Waals surface area contributed by atoms with Crippen molar-refractivity contribution in [1.29, 1.82) is 0 Å². The highest BCUT2D eigenvalue weighted by Gasteiger charge is 2.24. The van der Waals surface area contributed by atoms with Crippen LogP contribution in [0.25, 0.3) is 0 Å². The third-order valence-corrected chi connectivity index (χ3v) is 3.96. The highest BCUT2D eigenvalue weighted by Crippen LogP contribution is 2.12. The first-order chi connectivity index (χ1) is 10.9. The molecule has 0 unspecified atom stereocenters. The number of nitrogen functional groups attached to an aromatic ring is 1. The molecule has 9 heteroatoms. The standard InChI is InChI=1S/C14H22N4O5/c1-23-7-6-18-12(15)11(13(21)16-14(18)22)10(20)8-17-4-2-9(19)3-5-17/h9,19H,2-8,15H2,1H3,(H,16,21,22). The Bertz CT molecular complexity index is 673. The summed E-state index contributed by atoms with van der Waals surface area (Å²) in [6.07, 6.45) is 0.838. The third kappa shape index (κ3) is 4.06. The summed E-state index contributed by atoms with van der Waals surface area (Å²) in [6.45, 7) is 1.56. The van der Waals surface area contributed by atoms with Gasteiger partial charge in [0.2, 0.25) is 0 Å². The van der Waals surface area contributed by atoms with E-state index in [1.165, 1.54) is 7.11 Å². The van der Waals surface area contributed by atoms with Crippen LogP contribution >= 0.6 is 0 Å². The van der Waals surface area contributed by atoms with Crippen LogP contribution in [0.5, 0.6) is 0 Å². The van der Waals surface area contributed by atoms with Gasteiger partial charge in [0.25, 0.3) is 5.56 Å². The lowest BCUT2D eigenvalue weighted by Gasteiger charge is -2.28. The molecule has 0 radical (unpaired) electrons. The minimum Gasteiger partial charge on any atom is -0.393 e. The number of anilines is 1. The van der Waals surface area contributed by atoms with Crippen molar-refractivity contribution in [2.75, 3.05) is 39.1 Å². The average molecular weight is 326 g/mol. The number of piperidine rings is 1. The Morgan fingerprint density at radius 2 is 2.04 bits per heavy atom. The second kappa shape index (κ2) is 7.53. The molecule has 1 aliphatic rings. The lowest BCUT2D eigenvalue weighted by atomic mass is 10.1. The third-order valence-electron chi connectivity index (χ3n) is 3.96. The Balaban J connectivity index is 2.22. The summed E-state index contributed by atoms with van der Waals surface area (Å²) in [7, 11) is 1.48. The molecule has 9 nitrogen and oxygen atoms in total. The van der Waals surface area contributed by atoms with Crippen LogP contribution in [0.4, 0.5) is 5.82 Å². The maximum atomic E-state index is 12.4. The molecule has 1 saturated heterocycles. The quantitative estimate of drug-likeness (QED) is 0.537. The molecule has 23 heavy (non-hydrogen) atoms. The van der Waals surface area contributed by atoms with E-state index in [1.54, 1.807) is 0 Å². The number of nitrogens with one attached hydrogen (secondary N) is 1. The highest BCUT2D eigenvalue weighted by molar-refractivity contribution is 6.01. The number of aromatic amines is 1. The van der Waals surface area contributed by atoms with E-state index >= 15 is 0 Å². The number of ketones is 1. The van der Waals surface area contributed by atoms with Crippen molar-refractivity contribution in [3.05, 3.63) is 26.4 Å². The molecular formula is C14H22N4O5. The largest absolute Gasteiger partial charge is 0.393 e. The number of rotatable bonds is 6. The Kier molecular flexibility index (Phi) is 5.69. The fourth-order valence-electron chi connectivity index (χ4n) is 2.62. The zero-order chi connectivity index (χ0) is 17.0. The molecular weight excluding hydrogens is 304 g/mol. The molecule has 128 valence electrons. The lowest BCUT2D eigenvalue weighted by molar-refractivity contribution is 0.0710. The number of ether oxygens (including phenoxy) is 1. The van der Waals surface area contributed by atoms with E-state index in [-0.39, 0.29) is 37.2 Å². The zero-order valence-electron chi connectivity index (χ0n) is 13.1. The van der Waals surface area contributed by atoms with Crippen LogP contribution in [0.1, 0.15) is 23.2 Å². The van der Waals surface area contributed by atoms with Gasteiger partial charge in [0.1, 0.15) is 11.4 Å². The molecule has 1 aromatic heterocycles. The van der Waals surface area contributed by atoms with Crippen molar-refractivity contribution in [2.45, 2.75) is 25.5 Å². The van der Waals surface area contributed by atoms with Crippen LogP contribution in [0.3, 0.4) is 0 Å². The number of aliphatic hydroxyl groups excluding tert-OH is 1. The van der Waals surface area contributed by atoms with Crippen molar-refractivity contribution in [2.24, 2.45) is 0 Å². The van der Waals surface area contributed by atoms with Gasteiger partial charge >= 0.3 is 5.69 Å². The number of hydrogen-bond acceptors (Lipinski definition) is 7. The summed E-state index contributed by atoms with van der Waals surface area (Å²) in [6, 6.07) is 0. The molecule has 2 rings (SSSR count). The van der Waals surface area contributed by atoms with E-state index in [9.17, 15) is 19.5 Å². The van der Waals surface area contributed by atoms with E-state index in [4.69, 9.17) is 10.5 Å². The second-order valence-electron chi connectivity index (χ2n) is 5.59. The second-order valence-corrected chi connectivity index (χ2v) is 5.59. The Morgan fingerprint density at radius 1 is 1.39 bits per heavy atom. The topological polar surface area (TPSA) is 131 Å². The van der Waals surface area contributed by atoms with Gasteiger partial charge in [-0.1, -0.05) is 0 Å². The molecule has 1 aliphatic heterocycles. The monoisotopic (exact) mass is 326 g/mol. The minimum atomic E-state index is -0.775. The predicted molar refractivity (Wildman–Crippen MR) is 83.6 cm³/mol. The predicted octanol–water partition coefficient (Wildman–Crippen LogP) is -1.60. The SMILES string of the molecule is COCCn1c(N)c(C(=O)CN2CCC(O)CC2)c(=O)[nH]c1=O. The van der Waals surface area contributed by atoms with E-state index in [0.29, 0.717) is 25.9 Å². The van der Waals surface area contributed by atoms with Gasteiger partial charge in [0.15, 0.2) is 5.78 Å². The maximum absolute atomic E-state index is 12.4. The number of aliphatic hydroxyl groups is 1. The van der Waals surface area contributed by atoms with E-state index in [1.807, 2.05) is 4.90 Å². The maximum Gasteiger partial charge on any atom is 0.330 e. The summed E-state index contributed by atoms with van der Waals surface area (Å²) in [5.41, 5.74) is 4.22. The molecule has 4 N–H and O–H groups in total. The number of methoxy groups -OCH3 is 1. The van der Waals surface area contributed by atoms with E-state index < -0.39 is 17.0 Å². The number of carbonyl (C=O) groups excluding carboxylic acids is 1. The Hall–Kier alpha value is -1.97. The highest BCUT2D eigenvalue weighted by atomic mass is 16.5. The number of Topliss-reactive ketones (excluding diaryl/α,β-unsaturated/α-hetero) is 1. The molecule has 2 heterocycles. The van der Waals surface area contributed by atoms with Crippen molar-refractivity contribution in [3.63, 3.8) is 0 Å². The minimum absolute atomic E-state index is 0.0302. The average Bonchev–Trinajstić information content (AvgIpc) is 2.49. The molecule has 0 aromatic carbocycles. The van der Waals surface area contributed by atoms with Gasteiger partial charge in [-0.15, -0.1) is 0 Å². The lowest BCUT2D eigenvalue weighted by Crippen LogP contribution is -2.42. The van der Waals surface area contributed by atoms with Crippen LogP contribution in [-0.4, -0.2) is 64.8 Å². The summed E-state index contributed by atoms with van der Waals surface area (Å²) >= 11 is 0. The van der Waals surface area contributed by atoms with E-state index in [0.717, 1.165) is 4.57 Å². The van der Waals surface area contributed by atoms with Crippen LogP contribution in [0.2, 0.25) is 0 Å². The van der Waals surface area contributed by atoms with Crippen molar-refractivity contribution >= 4 is 11.6 Å². The molecule has 0 saturated carbocycles. The number of aromatic nitrogens is 2. The molecule has 0 amide bonds. The van der Waals surface area contributed by atoms with Crippen LogP contribution in [-0.2, 0) is 11.3 Å². The van der Waals surface area contributed by atoms with Crippen LogP contribution < -0.4 is 17.0 Å². The van der Waals surface area contributed by atoms with Gasteiger partial charge in [-0.25, -0.2) is 4.79 Å². The molecule has 0 atom stereocenters. The zero-order valence-corrected chi connectivity index (χ0v) is 13.1. The van der Waals surface area contributed by atoms with Crippen LogP contribution in [0, 0.1) is 0 Å². The van der Waals surface area contributed by atoms with Crippen molar-refractivity contribution < 1.29 is 14.6 Å². The number of nitrogens with zero attached hydrogens (tertiary/aromatic N) is 2. The first kappa shape index (κ1) is 17.4. The van der Waals surface area contributed by atoms with Gasteiger partial charge in [0.05, 0.1) is 25.8 Å². The van der Waals surface area contributed by atoms with Crippen molar-refractivity contribution in [1.82, 2.24) is 14.5 Å². The summed E-state index contributed by atoms with van der Waals surface area (Å²) in [4.78, 5) is 40.2. The van der Waals surface area contributed by atoms with Gasteiger partial charge < -0.3 is 15.6 Å². The number of hydrogen-bond donors (Lipinski definition) is 3. The fourth-order valence-corrected chi connectivity index (χ4v) is 2.62. The summed E-state index contributed by atoms with van der Waals surface area (Å²) < 4.78 is 6.02. The Morgan fingerprint density at radius 3 is 2.65 bits per heavy atom. The molecule has 1 aromatic rings. The normalized spacial score (nSPS) is 16.6. The smallest absolute Gasteiger partial charge is 0.330 e. The van der Waals surface area contributed by atoms with Gasteiger partial charge in [-0.3, -0.25) is 24.0 Å². The first-order valence-electron chi connectivity index (χ1n) is 7.49. The molecule has 0 spiro atoms. The summed E-state index contributed by atoms with van der Waals surface area (Å²) in [5.74, 6) is -0.579. The molecule has 1 fully saturated rings. The number of likely N-dealkylation sites (tertiary alicyclic amines) is 1. The number of nitrogens with two attached hydrogens (primary N) is 1. The summed E-state index contributed by atoms with van der Waals surface area (Å²) in [5, 5.41) is 9.48. The van der Waals surface area contributed by atoms with Crippen LogP contribution in [0.15, 0.2) is 9.59 Å². The number of carbonyl (C=O) groups is 1. The van der Waals surface area contributed by atoms with Gasteiger partial charge in [-0.05, 0) is 12.8 Å². The molecule has 0 aliphatic carbocycles. The van der Waals surface area contributed by atoms with Crippen molar-refractivity contribution in [3.8, 4) is 0 Å². The number of H-pyrrole nitrogens is 1. The molecule has 0 bridgehead atoms.